The molecule has 0 radical (unpaired) electrons. The second-order valence-electron chi connectivity index (χ2n) is 11.9. The molecule has 0 saturated carbocycles. The Balaban J connectivity index is 1.66. The van der Waals surface area contributed by atoms with Crippen LogP contribution in [0.1, 0.15) is 60.6 Å². The van der Waals surface area contributed by atoms with Crippen molar-refractivity contribution in [2.24, 2.45) is 0 Å². The fourth-order valence-corrected chi connectivity index (χ4v) is 6.61. The van der Waals surface area contributed by atoms with Gasteiger partial charge in [-0.15, -0.1) is 11.3 Å². The first-order valence-electron chi connectivity index (χ1n) is 14.8. The normalized spacial score (nSPS) is 16.2. The molecule has 2 aromatic carbocycles. The van der Waals surface area contributed by atoms with Gasteiger partial charge in [0.05, 0.1) is 11.1 Å². The third kappa shape index (κ3) is 6.54. The van der Waals surface area contributed by atoms with Gasteiger partial charge in [0.25, 0.3) is 5.91 Å². The number of ether oxygens (including phenoxy) is 1. The Morgan fingerprint density at radius 3 is 2.56 bits per heavy atom. The Kier molecular flexibility index (Phi) is 9.20. The predicted octanol–water partition coefficient (Wildman–Crippen LogP) is 5.87. The van der Waals surface area contributed by atoms with E-state index in [1.807, 2.05) is 51.1 Å². The van der Waals surface area contributed by atoms with Crippen molar-refractivity contribution in [2.45, 2.75) is 58.7 Å². The number of halogens is 2. The molecule has 0 fully saturated rings. The molecule has 2 aromatic heterocycles. The average Bonchev–Trinajstić information content (AvgIpc) is 3.47. The predicted molar refractivity (Wildman–Crippen MR) is 169 cm³/mol. The van der Waals surface area contributed by atoms with Gasteiger partial charge in [-0.1, -0.05) is 43.3 Å². The van der Waals surface area contributed by atoms with E-state index in [-0.39, 0.29) is 54.4 Å². The van der Waals surface area contributed by atoms with Crippen LogP contribution < -0.4 is 10.2 Å². The SMILES string of the molecule is CCC(=O)N(C)CC1(C)CN(C(C)C)C(=O)c2c(OCc3ccccc3)c(=O)c(-c3ncc(Cc4ccc(F)cc4F)s3)cn21. The summed E-state index contributed by atoms with van der Waals surface area (Å²) in [5.41, 5.74) is 0.141. The first-order chi connectivity index (χ1) is 21.4. The minimum Gasteiger partial charge on any atom is -0.483 e. The zero-order chi connectivity index (χ0) is 32.5. The van der Waals surface area contributed by atoms with Crippen molar-refractivity contribution >= 4 is 23.2 Å². The molecule has 1 atom stereocenters. The first kappa shape index (κ1) is 32.0. The van der Waals surface area contributed by atoms with Gasteiger partial charge in [-0.2, -0.15) is 0 Å². The van der Waals surface area contributed by atoms with Crippen LogP contribution in [0.4, 0.5) is 8.78 Å². The van der Waals surface area contributed by atoms with E-state index in [0.29, 0.717) is 28.4 Å². The van der Waals surface area contributed by atoms with Gasteiger partial charge in [0.15, 0.2) is 11.4 Å². The summed E-state index contributed by atoms with van der Waals surface area (Å²) < 4.78 is 35.8. The number of benzene rings is 2. The number of carbonyl (C=O) groups excluding carboxylic acids is 2. The number of rotatable bonds is 10. The monoisotopic (exact) mass is 634 g/mol. The minimum atomic E-state index is -0.822. The number of aromatic nitrogens is 2. The Bertz CT molecular complexity index is 1790. The fraction of sp³-hybridized carbons (Fsp3) is 0.353. The lowest BCUT2D eigenvalue weighted by atomic mass is 9.93. The molecule has 45 heavy (non-hydrogen) atoms. The summed E-state index contributed by atoms with van der Waals surface area (Å²) in [5.74, 6) is -1.81. The molecular weight excluding hydrogens is 598 g/mol. The van der Waals surface area contributed by atoms with Gasteiger partial charge in [0, 0.05) is 62.4 Å². The molecule has 0 aliphatic carbocycles. The maximum Gasteiger partial charge on any atom is 0.274 e. The van der Waals surface area contributed by atoms with Crippen molar-refractivity contribution in [2.75, 3.05) is 20.1 Å². The molecule has 0 spiro atoms. The van der Waals surface area contributed by atoms with Crippen molar-refractivity contribution in [1.29, 1.82) is 0 Å². The molecule has 1 unspecified atom stereocenters. The van der Waals surface area contributed by atoms with Crippen LogP contribution in [-0.4, -0.2) is 57.3 Å². The summed E-state index contributed by atoms with van der Waals surface area (Å²) in [6, 6.07) is 12.6. The van der Waals surface area contributed by atoms with E-state index in [1.54, 1.807) is 40.7 Å². The van der Waals surface area contributed by atoms with Crippen molar-refractivity contribution in [3.05, 3.63) is 104 Å². The summed E-state index contributed by atoms with van der Waals surface area (Å²) in [6.45, 7) is 8.20. The van der Waals surface area contributed by atoms with Crippen LogP contribution in [0.5, 0.6) is 5.75 Å². The Labute approximate surface area is 264 Å². The Morgan fingerprint density at radius 1 is 1.16 bits per heavy atom. The second-order valence-corrected chi connectivity index (χ2v) is 13.0. The molecule has 4 aromatic rings. The molecule has 8 nitrogen and oxygen atoms in total. The zero-order valence-electron chi connectivity index (χ0n) is 26.0. The molecule has 0 saturated heterocycles. The van der Waals surface area contributed by atoms with E-state index in [0.717, 1.165) is 11.6 Å². The van der Waals surface area contributed by atoms with Crippen LogP contribution in [0.2, 0.25) is 0 Å². The van der Waals surface area contributed by atoms with Crippen LogP contribution in [0, 0.1) is 11.6 Å². The number of carbonyl (C=O) groups is 2. The topological polar surface area (TPSA) is 84.7 Å². The van der Waals surface area contributed by atoms with E-state index < -0.39 is 22.6 Å². The van der Waals surface area contributed by atoms with E-state index in [9.17, 15) is 23.2 Å². The van der Waals surface area contributed by atoms with Crippen molar-refractivity contribution in [1.82, 2.24) is 19.4 Å². The van der Waals surface area contributed by atoms with E-state index in [4.69, 9.17) is 4.74 Å². The zero-order valence-corrected chi connectivity index (χ0v) is 26.8. The number of likely N-dealkylation sites (N-methyl/N-ethyl adjacent to an activating group) is 1. The van der Waals surface area contributed by atoms with Gasteiger partial charge < -0.3 is 19.1 Å². The van der Waals surface area contributed by atoms with Gasteiger partial charge in [0.2, 0.25) is 11.3 Å². The van der Waals surface area contributed by atoms with Crippen LogP contribution in [0.3, 0.4) is 0 Å². The van der Waals surface area contributed by atoms with E-state index >= 15 is 0 Å². The summed E-state index contributed by atoms with van der Waals surface area (Å²) in [7, 11) is 1.73. The number of pyridine rings is 1. The molecular formula is C34H36F2N4O4S. The third-order valence-electron chi connectivity index (χ3n) is 8.04. The van der Waals surface area contributed by atoms with Crippen molar-refractivity contribution in [3.8, 4) is 16.3 Å². The number of thiazole rings is 1. The summed E-state index contributed by atoms with van der Waals surface area (Å²) in [6.07, 6.45) is 3.68. The smallest absolute Gasteiger partial charge is 0.274 e. The highest BCUT2D eigenvalue weighted by Crippen LogP contribution is 2.36. The second kappa shape index (κ2) is 12.9. The number of hydrogen-bond donors (Lipinski definition) is 0. The fourth-order valence-electron chi connectivity index (χ4n) is 5.66. The van der Waals surface area contributed by atoms with Crippen molar-refractivity contribution < 1.29 is 23.1 Å². The van der Waals surface area contributed by atoms with E-state index in [1.165, 1.54) is 23.5 Å². The van der Waals surface area contributed by atoms with Gasteiger partial charge in [-0.25, -0.2) is 13.8 Å². The molecule has 11 heteroatoms. The highest BCUT2D eigenvalue weighted by Gasteiger charge is 2.44. The lowest BCUT2D eigenvalue weighted by molar-refractivity contribution is -0.131. The third-order valence-corrected chi connectivity index (χ3v) is 9.07. The standard InChI is InChI=1S/C34H36F2N4O4S/c1-6-28(41)38(5)19-34(4)20-39(21(2)3)33(43)29-31(44-18-22-10-8-7-9-11-22)30(42)26(17-40(29)34)32-37-16-25(45-32)14-23-12-13-24(35)15-27(23)36/h7-13,15-17,21H,6,14,18-20H2,1-5H3. The number of hydrogen-bond acceptors (Lipinski definition) is 6. The molecule has 3 heterocycles. The molecule has 1 aliphatic heterocycles. The summed E-state index contributed by atoms with van der Waals surface area (Å²) in [4.78, 5) is 49.5. The van der Waals surface area contributed by atoms with Gasteiger partial charge >= 0.3 is 0 Å². The average molecular weight is 635 g/mol. The van der Waals surface area contributed by atoms with Gasteiger partial charge in [-0.3, -0.25) is 14.4 Å². The lowest BCUT2D eigenvalue weighted by Gasteiger charge is -2.46. The van der Waals surface area contributed by atoms with Gasteiger partial charge in [-0.05, 0) is 38.0 Å². The van der Waals surface area contributed by atoms with Crippen LogP contribution in [0.25, 0.3) is 10.6 Å². The Morgan fingerprint density at radius 2 is 1.89 bits per heavy atom. The maximum absolute atomic E-state index is 14.4. The van der Waals surface area contributed by atoms with Crippen LogP contribution in [-0.2, 0) is 23.4 Å². The summed E-state index contributed by atoms with van der Waals surface area (Å²) >= 11 is 1.21. The maximum atomic E-state index is 14.4. The van der Waals surface area contributed by atoms with Gasteiger partial charge in [0.1, 0.15) is 23.2 Å². The number of nitrogens with zero attached hydrogens (tertiary/aromatic N) is 4. The lowest BCUT2D eigenvalue weighted by Crippen LogP contribution is -2.59. The molecule has 5 rings (SSSR count). The summed E-state index contributed by atoms with van der Waals surface area (Å²) in [5, 5.41) is 0.372. The number of fused-ring (bicyclic) bond motifs is 1. The van der Waals surface area contributed by atoms with E-state index in [2.05, 4.69) is 4.98 Å². The minimum absolute atomic E-state index is 0.0508. The molecule has 0 N–H and O–H groups in total. The quantitative estimate of drug-likeness (QED) is 0.218. The number of amides is 2. The molecule has 1 aliphatic rings. The highest BCUT2D eigenvalue weighted by atomic mass is 32.1. The van der Waals surface area contributed by atoms with Crippen molar-refractivity contribution in [3.63, 3.8) is 0 Å². The molecule has 0 bridgehead atoms. The largest absolute Gasteiger partial charge is 0.483 e. The van der Waals surface area contributed by atoms with Crippen LogP contribution >= 0.6 is 11.3 Å². The highest BCUT2D eigenvalue weighted by molar-refractivity contribution is 7.15. The van der Waals surface area contributed by atoms with Crippen LogP contribution in [0.15, 0.2) is 65.7 Å². The molecule has 2 amide bonds. The first-order valence-corrected chi connectivity index (χ1v) is 15.6. The Hall–Kier alpha value is -4.38. The molecule has 236 valence electrons.